The molecular weight excluding hydrogens is 270 g/mol. The predicted molar refractivity (Wildman–Crippen MR) is 78.3 cm³/mol. The van der Waals surface area contributed by atoms with Crippen LogP contribution < -0.4 is 10.6 Å². The summed E-state index contributed by atoms with van der Waals surface area (Å²) in [6, 6.07) is -0.545. The number of imide groups is 1. The van der Waals surface area contributed by atoms with Crippen molar-refractivity contribution in [2.75, 3.05) is 20.1 Å². The molecule has 2 N–H and O–H groups in total. The first-order valence-electron chi connectivity index (χ1n) is 7.79. The Morgan fingerprint density at radius 3 is 2.86 bits per heavy atom. The van der Waals surface area contributed by atoms with Crippen LogP contribution in [-0.2, 0) is 14.4 Å². The van der Waals surface area contributed by atoms with Crippen LogP contribution in [0.4, 0.5) is 0 Å². The maximum atomic E-state index is 12.1. The van der Waals surface area contributed by atoms with Crippen molar-refractivity contribution >= 4 is 17.7 Å². The maximum absolute atomic E-state index is 12.1. The lowest BCUT2D eigenvalue weighted by Crippen LogP contribution is -2.53. The van der Waals surface area contributed by atoms with Crippen LogP contribution in [0.25, 0.3) is 0 Å². The molecule has 0 spiro atoms. The minimum atomic E-state index is -0.545. The smallest absolute Gasteiger partial charge is 0.251 e. The summed E-state index contributed by atoms with van der Waals surface area (Å²) in [5.74, 6) is 0.263. The minimum Gasteiger partial charge on any atom is -0.344 e. The third kappa shape index (κ3) is 4.03. The van der Waals surface area contributed by atoms with Crippen molar-refractivity contribution in [2.24, 2.45) is 11.8 Å². The van der Waals surface area contributed by atoms with Crippen LogP contribution in [0.1, 0.15) is 39.0 Å². The van der Waals surface area contributed by atoms with Crippen LogP contribution in [-0.4, -0.2) is 48.8 Å². The fourth-order valence-corrected chi connectivity index (χ4v) is 3.13. The van der Waals surface area contributed by atoms with Crippen molar-refractivity contribution in [3.63, 3.8) is 0 Å². The molecule has 2 fully saturated rings. The second-order valence-corrected chi connectivity index (χ2v) is 6.24. The van der Waals surface area contributed by atoms with Crippen LogP contribution in [0.15, 0.2) is 0 Å². The summed E-state index contributed by atoms with van der Waals surface area (Å²) < 4.78 is 0. The van der Waals surface area contributed by atoms with E-state index in [1.54, 1.807) is 0 Å². The van der Waals surface area contributed by atoms with Crippen molar-refractivity contribution < 1.29 is 14.4 Å². The van der Waals surface area contributed by atoms with Gasteiger partial charge < -0.3 is 10.6 Å². The van der Waals surface area contributed by atoms with E-state index in [2.05, 4.69) is 17.6 Å². The highest BCUT2D eigenvalue weighted by atomic mass is 16.2. The van der Waals surface area contributed by atoms with E-state index in [1.165, 1.54) is 7.05 Å². The largest absolute Gasteiger partial charge is 0.344 e. The molecular formula is C15H25N3O3. The Kier molecular flexibility index (Phi) is 5.33. The number of rotatable bonds is 4. The Morgan fingerprint density at radius 2 is 2.19 bits per heavy atom. The van der Waals surface area contributed by atoms with Gasteiger partial charge in [-0.3, -0.25) is 19.3 Å². The van der Waals surface area contributed by atoms with E-state index in [4.69, 9.17) is 0 Å². The topological polar surface area (TPSA) is 78.5 Å². The lowest BCUT2D eigenvalue weighted by atomic mass is 9.85. The number of hydrogen-bond acceptors (Lipinski definition) is 4. The summed E-state index contributed by atoms with van der Waals surface area (Å²) in [7, 11) is 1.47. The molecule has 118 valence electrons. The first kappa shape index (κ1) is 15.9. The minimum absolute atomic E-state index is 0.0887. The van der Waals surface area contributed by atoms with Crippen molar-refractivity contribution in [3.05, 3.63) is 0 Å². The van der Waals surface area contributed by atoms with Gasteiger partial charge in [-0.05, 0) is 44.2 Å². The zero-order valence-corrected chi connectivity index (χ0v) is 12.9. The molecule has 3 amide bonds. The number of hydrogen-bond donors (Lipinski definition) is 2. The molecule has 2 aliphatic heterocycles. The summed E-state index contributed by atoms with van der Waals surface area (Å²) in [5, 5.41) is 6.14. The van der Waals surface area contributed by atoms with Crippen LogP contribution in [0.2, 0.25) is 0 Å². The van der Waals surface area contributed by atoms with E-state index >= 15 is 0 Å². The van der Waals surface area contributed by atoms with Crippen LogP contribution in [0, 0.1) is 11.8 Å². The Balaban J connectivity index is 1.81. The first-order valence-corrected chi connectivity index (χ1v) is 7.79. The predicted octanol–water partition coefficient (Wildman–Crippen LogP) is 0.276. The second-order valence-electron chi connectivity index (χ2n) is 6.24. The second kappa shape index (κ2) is 7.02. The van der Waals surface area contributed by atoms with Crippen LogP contribution in [0.3, 0.4) is 0 Å². The van der Waals surface area contributed by atoms with Crippen molar-refractivity contribution in [1.82, 2.24) is 15.5 Å². The van der Waals surface area contributed by atoms with Gasteiger partial charge in [0.25, 0.3) is 5.91 Å². The molecule has 6 nitrogen and oxygen atoms in total. The first-order chi connectivity index (χ1) is 9.99. The average molecular weight is 295 g/mol. The number of amides is 3. The van der Waals surface area contributed by atoms with E-state index in [9.17, 15) is 14.4 Å². The van der Waals surface area contributed by atoms with Gasteiger partial charge >= 0.3 is 0 Å². The SMILES string of the molecule is CC(CC(=O)NC1CCC(=O)N(C)C1=O)C1CCCNC1. The number of likely N-dealkylation sites (tertiary alicyclic amines) is 1. The Hall–Kier alpha value is -1.43. The molecule has 0 aromatic rings. The summed E-state index contributed by atoms with van der Waals surface area (Å²) >= 11 is 0. The van der Waals surface area contributed by atoms with Crippen molar-refractivity contribution in [2.45, 2.75) is 45.1 Å². The van der Waals surface area contributed by atoms with Gasteiger partial charge in [0.1, 0.15) is 6.04 Å². The van der Waals surface area contributed by atoms with Gasteiger partial charge in [-0.15, -0.1) is 0 Å². The molecule has 0 bridgehead atoms. The summed E-state index contributed by atoms with van der Waals surface area (Å²) in [4.78, 5) is 36.6. The molecule has 21 heavy (non-hydrogen) atoms. The normalized spacial score (nSPS) is 28.4. The summed E-state index contributed by atoms with van der Waals surface area (Å²) in [5.41, 5.74) is 0. The molecule has 0 radical (unpaired) electrons. The highest BCUT2D eigenvalue weighted by molar-refractivity contribution is 6.01. The number of nitrogens with one attached hydrogen (secondary N) is 2. The highest BCUT2D eigenvalue weighted by Crippen LogP contribution is 2.22. The van der Waals surface area contributed by atoms with Gasteiger partial charge in [-0.2, -0.15) is 0 Å². The van der Waals surface area contributed by atoms with E-state index in [-0.39, 0.29) is 17.7 Å². The molecule has 2 rings (SSSR count). The number of piperidine rings is 2. The number of carbonyl (C=O) groups excluding carboxylic acids is 3. The summed E-state index contributed by atoms with van der Waals surface area (Å²) in [6.45, 7) is 4.12. The van der Waals surface area contributed by atoms with Crippen molar-refractivity contribution in [3.8, 4) is 0 Å². The fraction of sp³-hybridized carbons (Fsp3) is 0.800. The molecule has 3 unspecified atom stereocenters. The van der Waals surface area contributed by atoms with Gasteiger partial charge in [0.15, 0.2) is 0 Å². The molecule has 0 aliphatic carbocycles. The van der Waals surface area contributed by atoms with Gasteiger partial charge in [0.2, 0.25) is 11.8 Å². The lowest BCUT2D eigenvalue weighted by molar-refractivity contribution is -0.149. The monoisotopic (exact) mass is 295 g/mol. The lowest BCUT2D eigenvalue weighted by Gasteiger charge is -2.30. The number of carbonyl (C=O) groups is 3. The molecule has 2 heterocycles. The van der Waals surface area contributed by atoms with Gasteiger partial charge in [0, 0.05) is 19.9 Å². The Morgan fingerprint density at radius 1 is 1.43 bits per heavy atom. The number of nitrogens with zero attached hydrogens (tertiary/aromatic N) is 1. The van der Waals surface area contributed by atoms with Gasteiger partial charge in [0.05, 0.1) is 0 Å². The van der Waals surface area contributed by atoms with Crippen LogP contribution in [0.5, 0.6) is 0 Å². The number of likely N-dealkylation sites (N-methyl/N-ethyl adjacent to an activating group) is 1. The van der Waals surface area contributed by atoms with Crippen LogP contribution >= 0.6 is 0 Å². The third-order valence-corrected chi connectivity index (χ3v) is 4.63. The average Bonchev–Trinajstić information content (AvgIpc) is 2.49. The van der Waals surface area contributed by atoms with Crippen molar-refractivity contribution in [1.29, 1.82) is 0 Å². The summed E-state index contributed by atoms with van der Waals surface area (Å²) in [6.07, 6.45) is 3.47. The van der Waals surface area contributed by atoms with Gasteiger partial charge in [-0.25, -0.2) is 0 Å². The van der Waals surface area contributed by atoms with E-state index in [0.717, 1.165) is 30.8 Å². The molecule has 3 atom stereocenters. The highest BCUT2D eigenvalue weighted by Gasteiger charge is 2.33. The van der Waals surface area contributed by atoms with E-state index in [0.29, 0.717) is 31.1 Å². The molecule has 0 aromatic carbocycles. The zero-order chi connectivity index (χ0) is 15.4. The zero-order valence-electron chi connectivity index (χ0n) is 12.9. The van der Waals surface area contributed by atoms with Gasteiger partial charge in [-0.1, -0.05) is 6.92 Å². The standard InChI is InChI=1S/C15H25N3O3/c1-10(11-4-3-7-16-9-11)8-13(19)17-12-5-6-14(20)18(2)15(12)21/h10-12,16H,3-9H2,1-2H3,(H,17,19). The molecule has 2 saturated heterocycles. The molecule has 0 aromatic heterocycles. The molecule has 0 saturated carbocycles. The quantitative estimate of drug-likeness (QED) is 0.730. The molecule has 6 heteroatoms. The van der Waals surface area contributed by atoms with E-state index in [1.807, 2.05) is 0 Å². The third-order valence-electron chi connectivity index (χ3n) is 4.63. The Bertz CT molecular complexity index is 418. The maximum Gasteiger partial charge on any atom is 0.251 e. The van der Waals surface area contributed by atoms with E-state index < -0.39 is 6.04 Å². The Labute approximate surface area is 125 Å². The fourth-order valence-electron chi connectivity index (χ4n) is 3.13. The molecule has 2 aliphatic rings.